The number of nitrogens with zero attached hydrogens (tertiary/aromatic N) is 2. The van der Waals surface area contributed by atoms with Crippen LogP contribution in [0.2, 0.25) is 5.02 Å². The first kappa shape index (κ1) is 15.1. The smallest absolute Gasteiger partial charge is 0.262 e. The van der Waals surface area contributed by atoms with Crippen LogP contribution in [0.5, 0.6) is 0 Å². The largest absolute Gasteiger partial charge is 0.287 e. The standard InChI is InChI=1S/C15H17ClN2OS/c1-4-7-18-14(19)12-6-5-11(16)8-13(12)17-15(18)20-9-10(2)3/h5-6,8H,2,4,7,9H2,1,3H3. The van der Waals surface area contributed by atoms with Crippen LogP contribution >= 0.6 is 23.4 Å². The molecule has 0 aliphatic heterocycles. The summed E-state index contributed by atoms with van der Waals surface area (Å²) in [6, 6.07) is 5.20. The summed E-state index contributed by atoms with van der Waals surface area (Å²) in [6.45, 7) is 8.57. The zero-order valence-corrected chi connectivity index (χ0v) is 13.2. The first-order valence-electron chi connectivity index (χ1n) is 6.50. The molecule has 0 aliphatic carbocycles. The number of halogens is 1. The van der Waals surface area contributed by atoms with Crippen molar-refractivity contribution in [2.24, 2.45) is 0 Å². The molecule has 0 saturated carbocycles. The molecule has 0 N–H and O–H groups in total. The minimum absolute atomic E-state index is 0.00210. The van der Waals surface area contributed by atoms with Crippen LogP contribution in [0, 0.1) is 0 Å². The van der Waals surface area contributed by atoms with E-state index >= 15 is 0 Å². The van der Waals surface area contributed by atoms with Crippen molar-refractivity contribution in [3.63, 3.8) is 0 Å². The number of rotatable bonds is 5. The molecule has 0 radical (unpaired) electrons. The van der Waals surface area contributed by atoms with E-state index in [1.165, 1.54) is 11.8 Å². The van der Waals surface area contributed by atoms with Gasteiger partial charge in [-0.15, -0.1) is 0 Å². The summed E-state index contributed by atoms with van der Waals surface area (Å²) < 4.78 is 1.74. The Bertz CT molecular complexity index is 709. The Morgan fingerprint density at radius 3 is 2.90 bits per heavy atom. The van der Waals surface area contributed by atoms with E-state index in [0.717, 1.165) is 22.9 Å². The second-order valence-corrected chi connectivity index (χ2v) is 6.14. The van der Waals surface area contributed by atoms with Gasteiger partial charge in [-0.2, -0.15) is 0 Å². The van der Waals surface area contributed by atoms with Crippen LogP contribution in [0.15, 0.2) is 40.3 Å². The molecule has 0 bridgehead atoms. The molecule has 0 saturated heterocycles. The highest BCUT2D eigenvalue weighted by molar-refractivity contribution is 7.99. The first-order valence-corrected chi connectivity index (χ1v) is 7.86. The SMILES string of the molecule is C=C(C)CSc1nc2cc(Cl)ccc2c(=O)n1CCC. The normalized spacial score (nSPS) is 10.9. The van der Waals surface area contributed by atoms with Gasteiger partial charge in [-0.3, -0.25) is 9.36 Å². The molecule has 1 aromatic heterocycles. The van der Waals surface area contributed by atoms with Crippen molar-refractivity contribution in [3.05, 3.63) is 45.7 Å². The third-order valence-corrected chi connectivity index (χ3v) is 4.22. The summed E-state index contributed by atoms with van der Waals surface area (Å²) >= 11 is 7.52. The van der Waals surface area contributed by atoms with Crippen LogP contribution in [0.3, 0.4) is 0 Å². The second-order valence-electron chi connectivity index (χ2n) is 4.76. The van der Waals surface area contributed by atoms with Gasteiger partial charge in [0.15, 0.2) is 5.16 Å². The minimum atomic E-state index is -0.00210. The summed E-state index contributed by atoms with van der Waals surface area (Å²) in [6.07, 6.45) is 0.890. The Balaban J connectivity index is 2.60. The summed E-state index contributed by atoms with van der Waals surface area (Å²) in [5, 5.41) is 1.94. The van der Waals surface area contributed by atoms with Crippen molar-refractivity contribution in [1.29, 1.82) is 0 Å². The predicted molar refractivity (Wildman–Crippen MR) is 86.8 cm³/mol. The van der Waals surface area contributed by atoms with Gasteiger partial charge in [-0.25, -0.2) is 4.98 Å². The average molecular weight is 309 g/mol. The lowest BCUT2D eigenvalue weighted by molar-refractivity contribution is 0.585. The number of thioether (sulfide) groups is 1. The Morgan fingerprint density at radius 2 is 2.25 bits per heavy atom. The third kappa shape index (κ3) is 3.25. The molecule has 2 aromatic rings. The number of aromatic nitrogens is 2. The minimum Gasteiger partial charge on any atom is -0.287 e. The van der Waals surface area contributed by atoms with E-state index < -0.39 is 0 Å². The van der Waals surface area contributed by atoms with Crippen molar-refractivity contribution in [2.75, 3.05) is 5.75 Å². The van der Waals surface area contributed by atoms with Gasteiger partial charge in [0.25, 0.3) is 5.56 Å². The van der Waals surface area contributed by atoms with Gasteiger partial charge >= 0.3 is 0 Å². The monoisotopic (exact) mass is 308 g/mol. The molecule has 2 rings (SSSR count). The lowest BCUT2D eigenvalue weighted by Crippen LogP contribution is -2.23. The van der Waals surface area contributed by atoms with Gasteiger partial charge in [-0.1, -0.05) is 42.4 Å². The van der Waals surface area contributed by atoms with Gasteiger partial charge in [0.2, 0.25) is 0 Å². The maximum atomic E-state index is 12.5. The van der Waals surface area contributed by atoms with Crippen molar-refractivity contribution in [2.45, 2.75) is 32.0 Å². The van der Waals surface area contributed by atoms with Gasteiger partial charge in [0.1, 0.15) is 0 Å². The van der Waals surface area contributed by atoms with Crippen LogP contribution in [-0.4, -0.2) is 15.3 Å². The number of hydrogen-bond donors (Lipinski definition) is 0. The number of benzene rings is 1. The Morgan fingerprint density at radius 1 is 1.50 bits per heavy atom. The fraction of sp³-hybridized carbons (Fsp3) is 0.333. The van der Waals surface area contributed by atoms with Crippen LogP contribution < -0.4 is 5.56 Å². The van der Waals surface area contributed by atoms with Crippen LogP contribution in [0.1, 0.15) is 20.3 Å². The lowest BCUT2D eigenvalue weighted by Gasteiger charge is -2.12. The van der Waals surface area contributed by atoms with E-state index in [2.05, 4.69) is 11.6 Å². The zero-order valence-electron chi connectivity index (χ0n) is 11.6. The third-order valence-electron chi connectivity index (χ3n) is 2.78. The van der Waals surface area contributed by atoms with Crippen LogP contribution in [0.4, 0.5) is 0 Å². The van der Waals surface area contributed by atoms with E-state index in [1.54, 1.807) is 22.8 Å². The fourth-order valence-corrected chi connectivity index (χ4v) is 2.93. The predicted octanol–water partition coefficient (Wildman–Crippen LogP) is 4.13. The highest BCUT2D eigenvalue weighted by Gasteiger charge is 2.11. The summed E-state index contributed by atoms with van der Waals surface area (Å²) in [4.78, 5) is 17.1. The van der Waals surface area contributed by atoms with E-state index in [4.69, 9.17) is 11.6 Å². The molecule has 1 aromatic carbocycles. The van der Waals surface area contributed by atoms with Crippen LogP contribution in [-0.2, 0) is 6.54 Å². The highest BCUT2D eigenvalue weighted by atomic mass is 35.5. The van der Waals surface area contributed by atoms with Crippen molar-refractivity contribution in [3.8, 4) is 0 Å². The van der Waals surface area contributed by atoms with E-state index in [0.29, 0.717) is 22.5 Å². The Hall–Kier alpha value is -1.26. The molecule has 3 nitrogen and oxygen atoms in total. The summed E-state index contributed by atoms with van der Waals surface area (Å²) in [7, 11) is 0. The molecule has 0 unspecified atom stereocenters. The fourth-order valence-electron chi connectivity index (χ4n) is 1.89. The Labute approximate surface area is 127 Å². The average Bonchev–Trinajstić information content (AvgIpc) is 2.39. The molecule has 106 valence electrons. The summed E-state index contributed by atoms with van der Waals surface area (Å²) in [5.41, 5.74) is 1.70. The topological polar surface area (TPSA) is 34.9 Å². The molecular weight excluding hydrogens is 292 g/mol. The molecule has 0 atom stereocenters. The maximum Gasteiger partial charge on any atom is 0.262 e. The first-order chi connectivity index (χ1) is 9.52. The number of hydrogen-bond acceptors (Lipinski definition) is 3. The van der Waals surface area contributed by atoms with Crippen molar-refractivity contribution < 1.29 is 0 Å². The van der Waals surface area contributed by atoms with Crippen LogP contribution in [0.25, 0.3) is 10.9 Å². The molecule has 0 spiro atoms. The van der Waals surface area contributed by atoms with E-state index in [1.807, 2.05) is 13.8 Å². The molecule has 5 heteroatoms. The van der Waals surface area contributed by atoms with E-state index in [9.17, 15) is 4.79 Å². The number of fused-ring (bicyclic) bond motifs is 1. The van der Waals surface area contributed by atoms with Gasteiger partial charge < -0.3 is 0 Å². The molecule has 0 aliphatic rings. The van der Waals surface area contributed by atoms with Crippen molar-refractivity contribution in [1.82, 2.24) is 9.55 Å². The Kier molecular flexibility index (Phi) is 4.89. The van der Waals surface area contributed by atoms with E-state index in [-0.39, 0.29) is 5.56 Å². The molecule has 0 amide bonds. The molecular formula is C15H17ClN2OS. The zero-order chi connectivity index (χ0) is 14.7. The van der Waals surface area contributed by atoms with Gasteiger partial charge in [0, 0.05) is 17.3 Å². The van der Waals surface area contributed by atoms with Gasteiger partial charge in [0.05, 0.1) is 10.9 Å². The molecule has 20 heavy (non-hydrogen) atoms. The van der Waals surface area contributed by atoms with Crippen molar-refractivity contribution >= 4 is 34.3 Å². The second kappa shape index (κ2) is 6.46. The lowest BCUT2D eigenvalue weighted by atomic mass is 10.2. The highest BCUT2D eigenvalue weighted by Crippen LogP contribution is 2.21. The molecule has 0 fully saturated rings. The summed E-state index contributed by atoms with van der Waals surface area (Å²) in [5.74, 6) is 0.752. The van der Waals surface area contributed by atoms with Gasteiger partial charge in [-0.05, 0) is 31.5 Å². The maximum absolute atomic E-state index is 12.5. The molecule has 1 heterocycles. The quantitative estimate of drug-likeness (QED) is 0.473.